The van der Waals surface area contributed by atoms with Gasteiger partial charge in [-0.2, -0.15) is 5.10 Å². The van der Waals surface area contributed by atoms with Crippen molar-refractivity contribution in [3.63, 3.8) is 0 Å². The molecule has 120 valence electrons. The third-order valence-corrected chi connectivity index (χ3v) is 3.75. The Morgan fingerprint density at radius 1 is 1.48 bits per heavy atom. The fourth-order valence-electron chi connectivity index (χ4n) is 2.36. The lowest BCUT2D eigenvalue weighted by Crippen LogP contribution is -2.32. The number of hydrogen-bond donors (Lipinski definition) is 1. The number of hydrogen-bond acceptors (Lipinski definition) is 5. The molecule has 0 radical (unpaired) electrons. The Hall–Kier alpha value is -1.63. The Kier molecular flexibility index (Phi) is 6.14. The van der Waals surface area contributed by atoms with Crippen LogP contribution in [0.25, 0.3) is 0 Å². The molecule has 1 rings (SSSR count). The van der Waals surface area contributed by atoms with Crippen molar-refractivity contribution in [2.45, 2.75) is 46.1 Å². The second kappa shape index (κ2) is 7.40. The molecule has 2 N–H and O–H groups in total. The summed E-state index contributed by atoms with van der Waals surface area (Å²) >= 11 is 0. The third-order valence-electron chi connectivity index (χ3n) is 3.75. The third kappa shape index (κ3) is 4.17. The molecule has 1 aromatic heterocycles. The SMILES string of the molecule is CCCc1nn(C)c(N(C)CCC(N)C(C)C)c1[N+](=O)[O-]. The molecule has 0 amide bonds. The summed E-state index contributed by atoms with van der Waals surface area (Å²) in [6.07, 6.45) is 2.24. The summed E-state index contributed by atoms with van der Waals surface area (Å²) in [5.41, 5.74) is 6.73. The lowest BCUT2D eigenvalue weighted by molar-refractivity contribution is -0.384. The van der Waals surface area contributed by atoms with E-state index in [1.807, 2.05) is 18.9 Å². The van der Waals surface area contributed by atoms with Gasteiger partial charge in [0.25, 0.3) is 0 Å². The zero-order valence-electron chi connectivity index (χ0n) is 13.7. The molecule has 0 aliphatic carbocycles. The van der Waals surface area contributed by atoms with Crippen LogP contribution in [0.2, 0.25) is 0 Å². The average Bonchev–Trinajstić information content (AvgIpc) is 2.72. The fourth-order valence-corrected chi connectivity index (χ4v) is 2.36. The van der Waals surface area contributed by atoms with Gasteiger partial charge in [-0.15, -0.1) is 0 Å². The van der Waals surface area contributed by atoms with E-state index in [1.54, 1.807) is 11.7 Å². The maximum Gasteiger partial charge on any atom is 0.334 e. The molecule has 1 aromatic rings. The van der Waals surface area contributed by atoms with E-state index in [9.17, 15) is 10.1 Å². The van der Waals surface area contributed by atoms with Gasteiger partial charge < -0.3 is 10.6 Å². The minimum atomic E-state index is -0.327. The number of aromatic nitrogens is 2. The van der Waals surface area contributed by atoms with Gasteiger partial charge in [-0.05, 0) is 18.8 Å². The highest BCUT2D eigenvalue weighted by molar-refractivity contribution is 5.61. The number of nitrogens with zero attached hydrogens (tertiary/aromatic N) is 4. The highest BCUT2D eigenvalue weighted by atomic mass is 16.6. The summed E-state index contributed by atoms with van der Waals surface area (Å²) in [5.74, 6) is 0.954. The number of aryl methyl sites for hydroxylation is 2. The van der Waals surface area contributed by atoms with Crippen molar-refractivity contribution < 1.29 is 4.92 Å². The quantitative estimate of drug-likeness (QED) is 0.586. The van der Waals surface area contributed by atoms with Gasteiger partial charge in [0.1, 0.15) is 5.69 Å². The van der Waals surface area contributed by atoms with Crippen molar-refractivity contribution in [1.29, 1.82) is 0 Å². The van der Waals surface area contributed by atoms with Crippen LogP contribution in [-0.2, 0) is 13.5 Å². The van der Waals surface area contributed by atoms with E-state index >= 15 is 0 Å². The molecule has 0 bridgehead atoms. The smallest absolute Gasteiger partial charge is 0.334 e. The zero-order chi connectivity index (χ0) is 16.2. The molecule has 1 heterocycles. The van der Waals surface area contributed by atoms with Gasteiger partial charge in [-0.25, -0.2) is 4.68 Å². The second-order valence-corrected chi connectivity index (χ2v) is 5.87. The van der Waals surface area contributed by atoms with E-state index in [0.717, 1.165) is 12.8 Å². The maximum absolute atomic E-state index is 11.4. The highest BCUT2D eigenvalue weighted by Gasteiger charge is 2.28. The first kappa shape index (κ1) is 17.4. The van der Waals surface area contributed by atoms with E-state index in [2.05, 4.69) is 18.9 Å². The van der Waals surface area contributed by atoms with Crippen LogP contribution in [0.15, 0.2) is 0 Å². The van der Waals surface area contributed by atoms with Crippen LogP contribution in [-0.4, -0.2) is 34.3 Å². The molecule has 0 aliphatic heterocycles. The monoisotopic (exact) mass is 297 g/mol. The molecule has 21 heavy (non-hydrogen) atoms. The number of rotatable bonds is 8. The van der Waals surface area contributed by atoms with Crippen LogP contribution in [0.3, 0.4) is 0 Å². The minimum Gasteiger partial charge on any atom is -0.354 e. The van der Waals surface area contributed by atoms with Gasteiger partial charge in [0.15, 0.2) is 0 Å². The largest absolute Gasteiger partial charge is 0.354 e. The Morgan fingerprint density at radius 3 is 2.57 bits per heavy atom. The fraction of sp³-hybridized carbons (Fsp3) is 0.786. The van der Waals surface area contributed by atoms with Gasteiger partial charge >= 0.3 is 5.69 Å². The van der Waals surface area contributed by atoms with E-state index < -0.39 is 0 Å². The molecule has 0 saturated carbocycles. The molecule has 0 fully saturated rings. The van der Waals surface area contributed by atoms with Gasteiger partial charge in [-0.3, -0.25) is 10.1 Å². The predicted molar refractivity (Wildman–Crippen MR) is 84.6 cm³/mol. The molecule has 7 heteroatoms. The number of nitrogens with two attached hydrogens (primary N) is 1. The number of nitro groups is 1. The van der Waals surface area contributed by atoms with Crippen LogP contribution in [0.1, 0.15) is 39.3 Å². The van der Waals surface area contributed by atoms with Crippen LogP contribution >= 0.6 is 0 Å². The molecule has 0 saturated heterocycles. The Morgan fingerprint density at radius 2 is 2.10 bits per heavy atom. The summed E-state index contributed by atoms with van der Waals surface area (Å²) in [6.45, 7) is 6.82. The number of anilines is 1. The van der Waals surface area contributed by atoms with Crippen molar-refractivity contribution in [1.82, 2.24) is 9.78 Å². The van der Waals surface area contributed by atoms with Crippen LogP contribution in [0.4, 0.5) is 11.5 Å². The van der Waals surface area contributed by atoms with Crippen LogP contribution in [0.5, 0.6) is 0 Å². The molecule has 0 spiro atoms. The van der Waals surface area contributed by atoms with Gasteiger partial charge in [0, 0.05) is 26.7 Å². The van der Waals surface area contributed by atoms with Crippen molar-refractivity contribution in [3.8, 4) is 0 Å². The predicted octanol–water partition coefficient (Wildman–Crippen LogP) is 2.09. The van der Waals surface area contributed by atoms with Gasteiger partial charge in [-0.1, -0.05) is 27.2 Å². The van der Waals surface area contributed by atoms with Crippen LogP contribution in [0, 0.1) is 16.0 Å². The maximum atomic E-state index is 11.4. The highest BCUT2D eigenvalue weighted by Crippen LogP contribution is 2.31. The van der Waals surface area contributed by atoms with E-state index in [0.29, 0.717) is 30.4 Å². The molecule has 1 unspecified atom stereocenters. The second-order valence-electron chi connectivity index (χ2n) is 5.87. The molecular weight excluding hydrogens is 270 g/mol. The molecule has 0 aliphatic rings. The first-order chi connectivity index (χ1) is 9.79. The van der Waals surface area contributed by atoms with Crippen molar-refractivity contribution in [2.24, 2.45) is 18.7 Å². The van der Waals surface area contributed by atoms with E-state index in [-0.39, 0.29) is 16.7 Å². The summed E-state index contributed by atoms with van der Waals surface area (Å²) in [5, 5.41) is 15.7. The summed E-state index contributed by atoms with van der Waals surface area (Å²) in [6, 6.07) is 0.0924. The Balaban J connectivity index is 2.97. The van der Waals surface area contributed by atoms with Gasteiger partial charge in [0.05, 0.1) is 4.92 Å². The normalized spacial score (nSPS) is 12.7. The topological polar surface area (TPSA) is 90.2 Å². The first-order valence-electron chi connectivity index (χ1n) is 7.46. The Labute approximate surface area is 126 Å². The zero-order valence-corrected chi connectivity index (χ0v) is 13.7. The molecule has 1 atom stereocenters. The van der Waals surface area contributed by atoms with Crippen LogP contribution < -0.4 is 10.6 Å². The van der Waals surface area contributed by atoms with Crippen molar-refractivity contribution in [2.75, 3.05) is 18.5 Å². The average molecular weight is 297 g/mol. The van der Waals surface area contributed by atoms with E-state index in [1.165, 1.54) is 0 Å². The summed E-state index contributed by atoms with van der Waals surface area (Å²) < 4.78 is 1.60. The standard InChI is InChI=1S/C14H27N5O2/c1-6-7-12-13(19(20)21)14(18(5)16-12)17(4)9-8-11(15)10(2)3/h10-11H,6-9,15H2,1-5H3. The molecular formula is C14H27N5O2. The minimum absolute atomic E-state index is 0.0924. The lowest BCUT2D eigenvalue weighted by Gasteiger charge is -2.22. The van der Waals surface area contributed by atoms with E-state index in [4.69, 9.17) is 5.73 Å². The molecule has 7 nitrogen and oxygen atoms in total. The Bertz CT molecular complexity index is 484. The van der Waals surface area contributed by atoms with Gasteiger partial charge in [0.2, 0.25) is 5.82 Å². The first-order valence-corrected chi connectivity index (χ1v) is 7.46. The van der Waals surface area contributed by atoms with Crippen molar-refractivity contribution in [3.05, 3.63) is 15.8 Å². The molecule has 0 aromatic carbocycles. The lowest BCUT2D eigenvalue weighted by atomic mass is 10.0. The van der Waals surface area contributed by atoms with Crippen molar-refractivity contribution >= 4 is 11.5 Å². The summed E-state index contributed by atoms with van der Waals surface area (Å²) in [7, 11) is 3.60. The summed E-state index contributed by atoms with van der Waals surface area (Å²) in [4.78, 5) is 12.9.